The highest BCUT2D eigenvalue weighted by atomic mass is 16.5. The molecule has 2 heteroatoms. The average molecular weight is 309 g/mol. The molecule has 0 aliphatic heterocycles. The Balaban J connectivity index is 1.78. The molecule has 2 nitrogen and oxygen atoms in total. The minimum Gasteiger partial charge on any atom is -0.391 e. The lowest BCUT2D eigenvalue weighted by Crippen LogP contribution is -2.57. The predicted molar refractivity (Wildman–Crippen MR) is 90.8 cm³/mol. The Hall–Kier alpha value is -0.0800. The second kappa shape index (κ2) is 5.77. The number of fused-ring (bicyclic) bond motifs is 4. The molecule has 3 rings (SSSR count). The third-order valence-corrected chi connectivity index (χ3v) is 7.26. The molecular weight excluding hydrogens is 272 g/mol. The van der Waals surface area contributed by atoms with Crippen molar-refractivity contribution in [3.63, 3.8) is 0 Å². The van der Waals surface area contributed by atoms with Crippen molar-refractivity contribution in [2.75, 3.05) is 6.61 Å². The molecule has 22 heavy (non-hydrogen) atoms. The van der Waals surface area contributed by atoms with Crippen LogP contribution in [0.25, 0.3) is 0 Å². The van der Waals surface area contributed by atoms with E-state index in [-0.39, 0.29) is 11.7 Å². The van der Waals surface area contributed by atoms with Gasteiger partial charge in [-0.15, -0.1) is 0 Å². The van der Waals surface area contributed by atoms with Gasteiger partial charge in [0.1, 0.15) is 0 Å². The smallest absolute Gasteiger partial charge is 0.0773 e. The Morgan fingerprint density at radius 1 is 1.14 bits per heavy atom. The number of rotatable bonds is 5. The van der Waals surface area contributed by atoms with Gasteiger partial charge in [0, 0.05) is 0 Å². The van der Waals surface area contributed by atoms with Crippen molar-refractivity contribution in [3.05, 3.63) is 0 Å². The van der Waals surface area contributed by atoms with E-state index in [0.717, 1.165) is 24.7 Å². The molecule has 2 bridgehead atoms. The van der Waals surface area contributed by atoms with E-state index in [9.17, 15) is 5.11 Å². The molecule has 3 aliphatic rings. The third-order valence-electron chi connectivity index (χ3n) is 7.26. The first-order chi connectivity index (χ1) is 10.3. The summed E-state index contributed by atoms with van der Waals surface area (Å²) in [7, 11) is 0. The number of hydrogen-bond donors (Lipinski definition) is 1. The molecule has 0 aromatic heterocycles. The minimum absolute atomic E-state index is 0.0679. The quantitative estimate of drug-likeness (QED) is 0.779. The predicted octanol–water partition coefficient (Wildman–Crippen LogP) is 4.94. The van der Waals surface area contributed by atoms with Crippen LogP contribution in [0, 0.1) is 22.7 Å². The molecule has 4 unspecified atom stereocenters. The highest BCUT2D eigenvalue weighted by molar-refractivity contribution is 5.11. The van der Waals surface area contributed by atoms with Crippen molar-refractivity contribution in [1.82, 2.24) is 0 Å². The van der Waals surface area contributed by atoms with E-state index in [1.165, 1.54) is 44.9 Å². The second-order valence-electron chi connectivity index (χ2n) is 9.60. The van der Waals surface area contributed by atoms with E-state index in [1.54, 1.807) is 0 Å². The van der Waals surface area contributed by atoms with Gasteiger partial charge in [-0.25, -0.2) is 0 Å². The van der Waals surface area contributed by atoms with Crippen LogP contribution in [0.1, 0.15) is 85.5 Å². The fourth-order valence-electron chi connectivity index (χ4n) is 6.05. The van der Waals surface area contributed by atoms with Crippen LogP contribution in [0.3, 0.4) is 0 Å². The van der Waals surface area contributed by atoms with E-state index in [0.29, 0.717) is 17.4 Å². The molecule has 0 aromatic carbocycles. The van der Waals surface area contributed by atoms with Crippen LogP contribution in [0.2, 0.25) is 0 Å². The summed E-state index contributed by atoms with van der Waals surface area (Å²) in [6, 6.07) is 0. The summed E-state index contributed by atoms with van der Waals surface area (Å²) in [5, 5.41) is 10.2. The molecule has 3 saturated carbocycles. The van der Waals surface area contributed by atoms with E-state index < -0.39 is 0 Å². The molecule has 0 saturated heterocycles. The fraction of sp³-hybridized carbons (Fsp3) is 1.00. The Morgan fingerprint density at radius 3 is 2.59 bits per heavy atom. The topological polar surface area (TPSA) is 29.5 Å². The highest BCUT2D eigenvalue weighted by Gasteiger charge is 2.61. The molecule has 0 radical (unpaired) electrons. The lowest BCUT2D eigenvalue weighted by molar-refractivity contribution is -0.202. The SMILES string of the molecule is CCC[C@H](O)COC12CCCC(C)(CCC3C1CC3(C)C)C2. The minimum atomic E-state index is -0.276. The Morgan fingerprint density at radius 2 is 1.91 bits per heavy atom. The lowest BCUT2D eigenvalue weighted by Gasteiger charge is -2.59. The van der Waals surface area contributed by atoms with Crippen molar-refractivity contribution in [3.8, 4) is 0 Å². The summed E-state index contributed by atoms with van der Waals surface area (Å²) in [6.07, 6.45) is 10.8. The maximum atomic E-state index is 10.2. The van der Waals surface area contributed by atoms with Gasteiger partial charge in [0.25, 0.3) is 0 Å². The molecule has 3 fully saturated rings. The van der Waals surface area contributed by atoms with E-state index in [2.05, 4.69) is 27.7 Å². The van der Waals surface area contributed by atoms with E-state index >= 15 is 0 Å². The summed E-state index contributed by atoms with van der Waals surface area (Å²) in [6.45, 7) is 10.1. The molecule has 128 valence electrons. The molecular formula is C20H36O2. The number of aliphatic hydroxyl groups is 1. The highest BCUT2D eigenvalue weighted by Crippen LogP contribution is 2.65. The standard InChI is InChI=1S/C20H36O2/c1-5-7-15(21)13-22-20-10-6-9-19(4,14-20)11-8-16-17(20)12-18(16,2)3/h15-17,21H,5-14H2,1-4H3/t15-,16?,17?,19?,20?/m0/s1. The molecule has 0 heterocycles. The first-order valence-electron chi connectivity index (χ1n) is 9.62. The van der Waals surface area contributed by atoms with Crippen LogP contribution in [-0.2, 0) is 4.74 Å². The van der Waals surface area contributed by atoms with Gasteiger partial charge in [-0.3, -0.25) is 0 Å². The van der Waals surface area contributed by atoms with Crippen LogP contribution < -0.4 is 0 Å². The van der Waals surface area contributed by atoms with Crippen molar-refractivity contribution < 1.29 is 9.84 Å². The normalized spacial score (nSPS) is 44.6. The molecule has 0 amide bonds. The fourth-order valence-corrected chi connectivity index (χ4v) is 6.05. The Kier molecular flexibility index (Phi) is 4.40. The molecule has 0 spiro atoms. The van der Waals surface area contributed by atoms with Crippen molar-refractivity contribution in [2.45, 2.75) is 97.2 Å². The van der Waals surface area contributed by atoms with Crippen LogP contribution in [0.5, 0.6) is 0 Å². The maximum Gasteiger partial charge on any atom is 0.0773 e. The molecule has 3 aliphatic carbocycles. The van der Waals surface area contributed by atoms with Gasteiger partial charge >= 0.3 is 0 Å². The zero-order valence-corrected chi connectivity index (χ0v) is 15.2. The number of ether oxygens (including phenoxy) is 1. The lowest BCUT2D eigenvalue weighted by atomic mass is 9.49. The van der Waals surface area contributed by atoms with Crippen molar-refractivity contribution in [1.29, 1.82) is 0 Å². The molecule has 0 aromatic rings. The number of hydrogen-bond acceptors (Lipinski definition) is 2. The Bertz CT molecular complexity index is 405. The average Bonchev–Trinajstić information content (AvgIpc) is 2.49. The summed E-state index contributed by atoms with van der Waals surface area (Å²) in [4.78, 5) is 0. The van der Waals surface area contributed by atoms with E-state index in [1.807, 2.05) is 0 Å². The third kappa shape index (κ3) is 2.86. The first-order valence-corrected chi connectivity index (χ1v) is 9.62. The van der Waals surface area contributed by atoms with Crippen LogP contribution >= 0.6 is 0 Å². The van der Waals surface area contributed by atoms with Crippen LogP contribution in [-0.4, -0.2) is 23.4 Å². The summed E-state index contributed by atoms with van der Waals surface area (Å²) in [5.41, 5.74) is 1.04. The monoisotopic (exact) mass is 308 g/mol. The zero-order valence-electron chi connectivity index (χ0n) is 15.2. The zero-order chi connectivity index (χ0) is 16.0. The summed E-state index contributed by atoms with van der Waals surface area (Å²) >= 11 is 0. The Labute approximate surface area is 137 Å². The second-order valence-corrected chi connectivity index (χ2v) is 9.60. The summed E-state index contributed by atoms with van der Waals surface area (Å²) in [5.74, 6) is 1.56. The van der Waals surface area contributed by atoms with Gasteiger partial charge in [-0.05, 0) is 67.6 Å². The first kappa shape index (κ1) is 16.8. The van der Waals surface area contributed by atoms with Gasteiger partial charge in [0.2, 0.25) is 0 Å². The molecule has 1 N–H and O–H groups in total. The molecule has 5 atom stereocenters. The van der Waals surface area contributed by atoms with Crippen molar-refractivity contribution >= 4 is 0 Å². The van der Waals surface area contributed by atoms with Gasteiger partial charge in [-0.2, -0.15) is 0 Å². The van der Waals surface area contributed by atoms with Gasteiger partial charge in [-0.1, -0.05) is 40.5 Å². The van der Waals surface area contributed by atoms with Crippen LogP contribution in [0.4, 0.5) is 0 Å². The van der Waals surface area contributed by atoms with Crippen LogP contribution in [0.15, 0.2) is 0 Å². The number of aliphatic hydroxyl groups excluding tert-OH is 1. The van der Waals surface area contributed by atoms with Gasteiger partial charge < -0.3 is 9.84 Å². The van der Waals surface area contributed by atoms with Gasteiger partial charge in [0.15, 0.2) is 0 Å². The van der Waals surface area contributed by atoms with Gasteiger partial charge in [0.05, 0.1) is 18.3 Å². The largest absolute Gasteiger partial charge is 0.391 e. The van der Waals surface area contributed by atoms with E-state index in [4.69, 9.17) is 4.74 Å². The maximum absolute atomic E-state index is 10.2. The summed E-state index contributed by atoms with van der Waals surface area (Å²) < 4.78 is 6.58. The van der Waals surface area contributed by atoms with Crippen molar-refractivity contribution in [2.24, 2.45) is 22.7 Å².